The molecule has 2 aromatic rings. The molecule has 0 saturated heterocycles. The van der Waals surface area contributed by atoms with Gasteiger partial charge in [0.1, 0.15) is 6.26 Å². The Morgan fingerprint density at radius 1 is 1.19 bits per heavy atom. The number of hydrogen-bond donors (Lipinski definition) is 1. The maximum atomic E-state index is 12.5. The number of benzene rings is 1. The molecule has 2 amide bonds. The van der Waals surface area contributed by atoms with Crippen LogP contribution in [0.15, 0.2) is 41.2 Å². The zero-order chi connectivity index (χ0) is 19.1. The number of nitrogens with zero attached hydrogens (tertiary/aromatic N) is 1. The van der Waals surface area contributed by atoms with Crippen LogP contribution in [0.2, 0.25) is 0 Å². The van der Waals surface area contributed by atoms with Gasteiger partial charge in [-0.15, -0.1) is 0 Å². The van der Waals surface area contributed by atoms with E-state index in [1.165, 1.54) is 12.5 Å². The lowest BCUT2D eigenvalue weighted by Gasteiger charge is -2.21. The monoisotopic (exact) mass is 374 g/mol. The van der Waals surface area contributed by atoms with Gasteiger partial charge in [0.05, 0.1) is 18.4 Å². The van der Waals surface area contributed by atoms with Crippen LogP contribution in [0.4, 0.5) is 0 Å². The summed E-state index contributed by atoms with van der Waals surface area (Å²) in [6.45, 7) is 1.68. The second-order valence-electron chi connectivity index (χ2n) is 6.01. The lowest BCUT2D eigenvalue weighted by Crippen LogP contribution is -2.37. The molecule has 1 aromatic heterocycles. The van der Waals surface area contributed by atoms with Crippen LogP contribution in [0, 0.1) is 0 Å². The smallest absolute Gasteiger partial charge is 0.257 e. The van der Waals surface area contributed by atoms with E-state index in [4.69, 9.17) is 18.6 Å². The first-order valence-corrected chi connectivity index (χ1v) is 8.63. The van der Waals surface area contributed by atoms with E-state index >= 15 is 0 Å². The zero-order valence-electron chi connectivity index (χ0n) is 15.1. The van der Waals surface area contributed by atoms with E-state index in [9.17, 15) is 9.59 Å². The molecule has 1 aromatic carbocycles. The molecular formula is C19H22N2O6. The van der Waals surface area contributed by atoms with Crippen molar-refractivity contribution >= 4 is 11.8 Å². The minimum Gasteiger partial charge on any atom is -0.472 e. The van der Waals surface area contributed by atoms with Crippen molar-refractivity contribution in [1.29, 1.82) is 0 Å². The highest BCUT2D eigenvalue weighted by atomic mass is 16.7. The summed E-state index contributed by atoms with van der Waals surface area (Å²) in [6, 6.07) is 7.14. The standard InChI is InChI=1S/C19H22N2O6/c1-24-9-7-21(19(23)15-5-8-25-12-15)6-4-18(22)20-11-14-2-3-16-17(10-14)27-13-26-16/h2-3,5,8,10,12H,4,6-7,9,11,13H2,1H3,(H,20,22). The molecule has 0 spiro atoms. The van der Waals surface area contributed by atoms with Crippen molar-refractivity contribution in [2.45, 2.75) is 13.0 Å². The molecule has 144 valence electrons. The number of carbonyl (C=O) groups is 2. The largest absolute Gasteiger partial charge is 0.472 e. The number of hydrogen-bond acceptors (Lipinski definition) is 6. The number of furan rings is 1. The number of ether oxygens (including phenoxy) is 3. The molecule has 0 unspecified atom stereocenters. The van der Waals surface area contributed by atoms with Crippen LogP contribution in [0.25, 0.3) is 0 Å². The van der Waals surface area contributed by atoms with Crippen molar-refractivity contribution < 1.29 is 28.2 Å². The number of rotatable bonds is 9. The Hall–Kier alpha value is -3.00. The van der Waals surface area contributed by atoms with Gasteiger partial charge in [0.2, 0.25) is 12.7 Å². The molecule has 0 fully saturated rings. The normalized spacial score (nSPS) is 12.0. The third-order valence-electron chi connectivity index (χ3n) is 4.16. The van der Waals surface area contributed by atoms with E-state index in [1.54, 1.807) is 18.1 Å². The molecule has 0 radical (unpaired) electrons. The van der Waals surface area contributed by atoms with E-state index in [-0.39, 0.29) is 25.0 Å². The molecule has 0 atom stereocenters. The van der Waals surface area contributed by atoms with Crippen molar-refractivity contribution in [3.8, 4) is 11.5 Å². The first-order chi connectivity index (χ1) is 13.2. The number of fused-ring (bicyclic) bond motifs is 1. The summed E-state index contributed by atoms with van der Waals surface area (Å²) in [4.78, 5) is 26.2. The molecule has 8 nitrogen and oxygen atoms in total. The Morgan fingerprint density at radius 3 is 2.81 bits per heavy atom. The van der Waals surface area contributed by atoms with Gasteiger partial charge in [-0.1, -0.05) is 6.07 Å². The van der Waals surface area contributed by atoms with Crippen molar-refractivity contribution in [2.24, 2.45) is 0 Å². The van der Waals surface area contributed by atoms with Crippen LogP contribution in [-0.2, 0) is 16.1 Å². The third kappa shape index (κ3) is 5.01. The Morgan fingerprint density at radius 2 is 2.04 bits per heavy atom. The maximum absolute atomic E-state index is 12.5. The topological polar surface area (TPSA) is 90.2 Å². The quantitative estimate of drug-likeness (QED) is 0.720. The first kappa shape index (κ1) is 18.8. The molecule has 1 N–H and O–H groups in total. The summed E-state index contributed by atoms with van der Waals surface area (Å²) in [7, 11) is 1.57. The van der Waals surface area contributed by atoms with Gasteiger partial charge in [-0.05, 0) is 23.8 Å². The van der Waals surface area contributed by atoms with E-state index in [0.29, 0.717) is 43.3 Å². The van der Waals surface area contributed by atoms with E-state index in [1.807, 2.05) is 18.2 Å². The molecule has 0 bridgehead atoms. The highest BCUT2D eigenvalue weighted by Gasteiger charge is 2.18. The molecule has 0 saturated carbocycles. The van der Waals surface area contributed by atoms with Gasteiger partial charge in [-0.3, -0.25) is 9.59 Å². The summed E-state index contributed by atoms with van der Waals surface area (Å²) in [5.41, 5.74) is 1.37. The van der Waals surface area contributed by atoms with Gasteiger partial charge in [0.15, 0.2) is 11.5 Å². The predicted octanol–water partition coefficient (Wildman–Crippen LogP) is 1.80. The Bertz CT molecular complexity index is 775. The minimum atomic E-state index is -0.190. The third-order valence-corrected chi connectivity index (χ3v) is 4.16. The molecule has 1 aliphatic heterocycles. The fourth-order valence-electron chi connectivity index (χ4n) is 2.66. The highest BCUT2D eigenvalue weighted by molar-refractivity contribution is 5.94. The number of amides is 2. The van der Waals surface area contributed by atoms with Crippen molar-refractivity contribution in [2.75, 3.05) is 33.6 Å². The summed E-state index contributed by atoms with van der Waals surface area (Å²) < 4.78 is 20.6. The van der Waals surface area contributed by atoms with Crippen molar-refractivity contribution in [3.05, 3.63) is 47.9 Å². The van der Waals surface area contributed by atoms with Crippen molar-refractivity contribution in [1.82, 2.24) is 10.2 Å². The molecule has 2 heterocycles. The van der Waals surface area contributed by atoms with Crippen LogP contribution in [0.5, 0.6) is 11.5 Å². The summed E-state index contributed by atoms with van der Waals surface area (Å²) >= 11 is 0. The number of nitrogens with one attached hydrogen (secondary N) is 1. The second-order valence-corrected chi connectivity index (χ2v) is 6.01. The van der Waals surface area contributed by atoms with Crippen LogP contribution >= 0.6 is 0 Å². The summed E-state index contributed by atoms with van der Waals surface area (Å²) in [5, 5.41) is 2.85. The molecule has 8 heteroatoms. The average Bonchev–Trinajstić information content (AvgIpc) is 3.37. The van der Waals surface area contributed by atoms with E-state index < -0.39 is 0 Å². The van der Waals surface area contributed by atoms with Gasteiger partial charge in [-0.2, -0.15) is 0 Å². The predicted molar refractivity (Wildman–Crippen MR) is 95.5 cm³/mol. The molecular weight excluding hydrogens is 352 g/mol. The molecule has 3 rings (SSSR count). The zero-order valence-corrected chi connectivity index (χ0v) is 15.1. The Kier molecular flexibility index (Phi) is 6.32. The van der Waals surface area contributed by atoms with Crippen LogP contribution in [0.3, 0.4) is 0 Å². The van der Waals surface area contributed by atoms with Gasteiger partial charge < -0.3 is 28.8 Å². The van der Waals surface area contributed by atoms with E-state index in [2.05, 4.69) is 5.32 Å². The van der Waals surface area contributed by atoms with Gasteiger partial charge in [0, 0.05) is 33.2 Å². The van der Waals surface area contributed by atoms with E-state index in [0.717, 1.165) is 5.56 Å². The molecule has 27 heavy (non-hydrogen) atoms. The SMILES string of the molecule is COCCN(CCC(=O)NCc1ccc2c(c1)OCO2)C(=O)c1ccoc1. The van der Waals surface area contributed by atoms with Crippen LogP contribution in [0.1, 0.15) is 22.3 Å². The summed E-state index contributed by atoms with van der Waals surface area (Å²) in [5.74, 6) is 1.05. The summed E-state index contributed by atoms with van der Waals surface area (Å²) in [6.07, 6.45) is 3.03. The Labute approximate surface area is 157 Å². The minimum absolute atomic E-state index is 0.143. The lowest BCUT2D eigenvalue weighted by molar-refractivity contribution is -0.121. The number of methoxy groups -OCH3 is 1. The first-order valence-electron chi connectivity index (χ1n) is 8.63. The highest BCUT2D eigenvalue weighted by Crippen LogP contribution is 2.32. The fraction of sp³-hybridized carbons (Fsp3) is 0.368. The van der Waals surface area contributed by atoms with Crippen LogP contribution in [-0.4, -0.2) is 50.3 Å². The molecule has 0 aliphatic carbocycles. The maximum Gasteiger partial charge on any atom is 0.257 e. The molecule has 1 aliphatic rings. The Balaban J connectivity index is 1.49. The van der Waals surface area contributed by atoms with Gasteiger partial charge in [-0.25, -0.2) is 0 Å². The fourth-order valence-corrected chi connectivity index (χ4v) is 2.66. The average molecular weight is 374 g/mol. The second kappa shape index (κ2) is 9.09. The lowest BCUT2D eigenvalue weighted by atomic mass is 10.2. The number of carbonyl (C=O) groups excluding carboxylic acids is 2. The van der Waals surface area contributed by atoms with Gasteiger partial charge >= 0.3 is 0 Å². The van der Waals surface area contributed by atoms with Crippen LogP contribution < -0.4 is 14.8 Å². The van der Waals surface area contributed by atoms with Gasteiger partial charge in [0.25, 0.3) is 5.91 Å². The van der Waals surface area contributed by atoms with Crippen molar-refractivity contribution in [3.63, 3.8) is 0 Å².